The van der Waals surface area contributed by atoms with Crippen molar-refractivity contribution in [3.8, 4) is 0 Å². The number of hydrogen-bond donors (Lipinski definition) is 1. The second-order valence-electron chi connectivity index (χ2n) is 5.48. The molecule has 2 heteroatoms. The average molecular weight is 263 g/mol. The number of benzene rings is 1. The van der Waals surface area contributed by atoms with Crippen LogP contribution in [0.5, 0.6) is 0 Å². The molecular weight excluding hydrogens is 238 g/mol. The third-order valence-corrected chi connectivity index (χ3v) is 4.39. The lowest BCUT2D eigenvalue weighted by molar-refractivity contribution is 0.640. The molecule has 1 N–H and O–H groups in total. The van der Waals surface area contributed by atoms with Gasteiger partial charge in [0.2, 0.25) is 0 Å². The summed E-state index contributed by atoms with van der Waals surface area (Å²) < 4.78 is 0. The van der Waals surface area contributed by atoms with E-state index in [9.17, 15) is 0 Å². The van der Waals surface area contributed by atoms with Crippen LogP contribution in [0.1, 0.15) is 42.4 Å². The monoisotopic (exact) mass is 263 g/mol. The highest BCUT2D eigenvalue weighted by molar-refractivity contribution is 7.98. The maximum atomic E-state index is 3.57. The van der Waals surface area contributed by atoms with Crippen LogP contribution in [0, 0.1) is 13.8 Å². The second kappa shape index (κ2) is 7.20. The number of unbranched alkanes of at least 4 members (excludes halogenated alkanes) is 1. The molecule has 0 saturated heterocycles. The molecule has 0 aliphatic heterocycles. The summed E-state index contributed by atoms with van der Waals surface area (Å²) in [6.07, 6.45) is 5.48. The van der Waals surface area contributed by atoms with Crippen molar-refractivity contribution in [3.05, 3.63) is 34.9 Å². The SMILES string of the molecule is Cc1cc(C)cc(CSCCCCNC2CC2)c1. The normalized spacial score (nSPS) is 15.0. The quantitative estimate of drug-likeness (QED) is 0.710. The van der Waals surface area contributed by atoms with Crippen molar-refractivity contribution >= 4 is 11.8 Å². The number of rotatable bonds is 8. The van der Waals surface area contributed by atoms with Crippen LogP contribution in [-0.4, -0.2) is 18.3 Å². The zero-order valence-electron chi connectivity index (χ0n) is 11.7. The summed E-state index contributed by atoms with van der Waals surface area (Å²) in [6.45, 7) is 5.59. The highest BCUT2D eigenvalue weighted by Gasteiger charge is 2.19. The molecule has 100 valence electrons. The van der Waals surface area contributed by atoms with Crippen LogP contribution in [-0.2, 0) is 5.75 Å². The first-order chi connectivity index (χ1) is 8.74. The molecule has 0 spiro atoms. The Labute approximate surface area is 116 Å². The van der Waals surface area contributed by atoms with Crippen molar-refractivity contribution < 1.29 is 0 Å². The predicted octanol–water partition coefficient (Wildman–Crippen LogP) is 4.07. The fourth-order valence-electron chi connectivity index (χ4n) is 2.27. The molecule has 0 bridgehead atoms. The van der Waals surface area contributed by atoms with E-state index >= 15 is 0 Å². The summed E-state index contributed by atoms with van der Waals surface area (Å²) in [5.41, 5.74) is 4.26. The van der Waals surface area contributed by atoms with E-state index in [0.29, 0.717) is 0 Å². The van der Waals surface area contributed by atoms with Gasteiger partial charge in [0.15, 0.2) is 0 Å². The van der Waals surface area contributed by atoms with E-state index in [1.807, 2.05) is 0 Å². The van der Waals surface area contributed by atoms with Crippen molar-refractivity contribution in [1.29, 1.82) is 0 Å². The Hall–Kier alpha value is -0.470. The van der Waals surface area contributed by atoms with Gasteiger partial charge in [-0.1, -0.05) is 29.3 Å². The minimum absolute atomic E-state index is 0.868. The molecule has 1 aromatic carbocycles. The Bertz CT molecular complexity index is 351. The van der Waals surface area contributed by atoms with Gasteiger partial charge in [-0.15, -0.1) is 0 Å². The fourth-order valence-corrected chi connectivity index (χ4v) is 3.22. The highest BCUT2D eigenvalue weighted by Crippen LogP contribution is 2.19. The molecule has 1 nitrogen and oxygen atoms in total. The smallest absolute Gasteiger partial charge is 0.0184 e. The Morgan fingerprint density at radius 1 is 1.11 bits per heavy atom. The molecule has 1 saturated carbocycles. The molecule has 0 atom stereocenters. The molecule has 0 radical (unpaired) electrons. The van der Waals surface area contributed by atoms with E-state index in [1.54, 1.807) is 0 Å². The van der Waals surface area contributed by atoms with E-state index < -0.39 is 0 Å². The van der Waals surface area contributed by atoms with E-state index in [2.05, 4.69) is 49.1 Å². The summed E-state index contributed by atoms with van der Waals surface area (Å²) >= 11 is 2.07. The maximum absolute atomic E-state index is 3.57. The van der Waals surface area contributed by atoms with Crippen LogP contribution in [0.25, 0.3) is 0 Å². The minimum Gasteiger partial charge on any atom is -0.314 e. The molecule has 18 heavy (non-hydrogen) atoms. The Balaban J connectivity index is 1.53. The van der Waals surface area contributed by atoms with Crippen molar-refractivity contribution in [2.24, 2.45) is 0 Å². The van der Waals surface area contributed by atoms with Crippen LogP contribution >= 0.6 is 11.8 Å². The molecular formula is C16H25NS. The average Bonchev–Trinajstić information content (AvgIpc) is 3.10. The zero-order valence-corrected chi connectivity index (χ0v) is 12.5. The van der Waals surface area contributed by atoms with Gasteiger partial charge >= 0.3 is 0 Å². The fraction of sp³-hybridized carbons (Fsp3) is 0.625. The van der Waals surface area contributed by atoms with Crippen LogP contribution in [0.3, 0.4) is 0 Å². The van der Waals surface area contributed by atoms with Crippen molar-refractivity contribution in [2.75, 3.05) is 12.3 Å². The topological polar surface area (TPSA) is 12.0 Å². The summed E-state index contributed by atoms with van der Waals surface area (Å²) in [5.74, 6) is 2.46. The van der Waals surface area contributed by atoms with Crippen LogP contribution in [0.2, 0.25) is 0 Å². The molecule has 1 aromatic rings. The predicted molar refractivity (Wildman–Crippen MR) is 82.3 cm³/mol. The molecule has 1 aliphatic rings. The van der Waals surface area contributed by atoms with Gasteiger partial charge in [-0.05, 0) is 57.4 Å². The zero-order chi connectivity index (χ0) is 12.8. The molecule has 1 aliphatic carbocycles. The van der Waals surface area contributed by atoms with Gasteiger partial charge < -0.3 is 5.32 Å². The van der Waals surface area contributed by atoms with Crippen LogP contribution in [0.4, 0.5) is 0 Å². The largest absolute Gasteiger partial charge is 0.314 e. The molecule has 2 rings (SSSR count). The number of hydrogen-bond acceptors (Lipinski definition) is 2. The number of thioether (sulfide) groups is 1. The third kappa shape index (κ3) is 5.45. The van der Waals surface area contributed by atoms with Gasteiger partial charge in [-0.2, -0.15) is 11.8 Å². The third-order valence-electron chi connectivity index (χ3n) is 3.28. The van der Waals surface area contributed by atoms with Gasteiger partial charge in [0.25, 0.3) is 0 Å². The van der Waals surface area contributed by atoms with Gasteiger partial charge in [0.1, 0.15) is 0 Å². The van der Waals surface area contributed by atoms with E-state index in [4.69, 9.17) is 0 Å². The standard InChI is InChI=1S/C16H25NS/c1-13-9-14(2)11-15(10-13)12-18-8-4-3-7-17-16-5-6-16/h9-11,16-17H,3-8,12H2,1-2H3. The minimum atomic E-state index is 0.868. The summed E-state index contributed by atoms with van der Waals surface area (Å²) in [7, 11) is 0. The van der Waals surface area contributed by atoms with Gasteiger partial charge in [-0.3, -0.25) is 0 Å². The first-order valence-electron chi connectivity index (χ1n) is 7.12. The number of aryl methyl sites for hydroxylation is 2. The van der Waals surface area contributed by atoms with E-state index in [0.717, 1.165) is 6.04 Å². The lowest BCUT2D eigenvalue weighted by atomic mass is 10.1. The Kier molecular flexibility index (Phi) is 5.58. The van der Waals surface area contributed by atoms with Crippen LogP contribution in [0.15, 0.2) is 18.2 Å². The lowest BCUT2D eigenvalue weighted by Gasteiger charge is -2.05. The maximum Gasteiger partial charge on any atom is 0.0184 e. The van der Waals surface area contributed by atoms with Crippen molar-refractivity contribution in [1.82, 2.24) is 5.32 Å². The summed E-state index contributed by atoms with van der Waals surface area (Å²) in [4.78, 5) is 0. The summed E-state index contributed by atoms with van der Waals surface area (Å²) in [6, 6.07) is 7.74. The van der Waals surface area contributed by atoms with E-state index in [1.165, 1.54) is 60.4 Å². The van der Waals surface area contributed by atoms with Gasteiger partial charge in [0.05, 0.1) is 0 Å². The van der Waals surface area contributed by atoms with Gasteiger partial charge in [0, 0.05) is 11.8 Å². The molecule has 0 amide bonds. The molecule has 0 heterocycles. The highest BCUT2D eigenvalue weighted by atomic mass is 32.2. The van der Waals surface area contributed by atoms with Gasteiger partial charge in [-0.25, -0.2) is 0 Å². The molecule has 0 aromatic heterocycles. The van der Waals surface area contributed by atoms with E-state index in [-0.39, 0.29) is 0 Å². The number of nitrogens with one attached hydrogen (secondary N) is 1. The first-order valence-corrected chi connectivity index (χ1v) is 8.28. The van der Waals surface area contributed by atoms with Crippen molar-refractivity contribution in [3.63, 3.8) is 0 Å². The Morgan fingerprint density at radius 2 is 1.83 bits per heavy atom. The Morgan fingerprint density at radius 3 is 2.50 bits per heavy atom. The van der Waals surface area contributed by atoms with Crippen molar-refractivity contribution in [2.45, 2.75) is 51.3 Å². The molecule has 0 unspecified atom stereocenters. The lowest BCUT2D eigenvalue weighted by Crippen LogP contribution is -2.17. The van der Waals surface area contributed by atoms with Crippen LogP contribution < -0.4 is 5.32 Å². The second-order valence-corrected chi connectivity index (χ2v) is 6.59. The molecule has 1 fully saturated rings. The summed E-state index contributed by atoms with van der Waals surface area (Å²) in [5, 5.41) is 3.57. The first kappa shape index (κ1) is 14.0.